The Labute approximate surface area is 164 Å². The molecule has 158 valence electrons. The molecule has 29 heavy (non-hydrogen) atoms. The van der Waals surface area contributed by atoms with E-state index in [1.165, 1.54) is 12.1 Å². The van der Waals surface area contributed by atoms with Crippen LogP contribution in [0.1, 0.15) is 25.3 Å². The number of carbonyl (C=O) groups excluding carboxylic acids is 4. The van der Waals surface area contributed by atoms with Gasteiger partial charge in [-0.3, -0.25) is 19.7 Å². The molecule has 0 aromatic heterocycles. The van der Waals surface area contributed by atoms with Crippen LogP contribution in [0.5, 0.6) is 0 Å². The van der Waals surface area contributed by atoms with Gasteiger partial charge in [0, 0.05) is 25.2 Å². The highest BCUT2D eigenvalue weighted by molar-refractivity contribution is 6.00. The molecule has 0 spiro atoms. The molecule has 0 radical (unpaired) electrons. The van der Waals surface area contributed by atoms with Crippen molar-refractivity contribution < 1.29 is 37.1 Å². The van der Waals surface area contributed by atoms with E-state index in [-0.39, 0.29) is 18.7 Å². The van der Waals surface area contributed by atoms with Gasteiger partial charge in [-0.05, 0) is 24.6 Å². The van der Waals surface area contributed by atoms with E-state index in [1.54, 1.807) is 0 Å². The van der Waals surface area contributed by atoms with Crippen molar-refractivity contribution in [2.45, 2.75) is 25.9 Å². The van der Waals surface area contributed by atoms with Gasteiger partial charge in [-0.2, -0.15) is 13.2 Å². The Balaban J connectivity index is 1.90. The number of anilines is 1. The highest BCUT2D eigenvalue weighted by Gasteiger charge is 2.37. The van der Waals surface area contributed by atoms with Gasteiger partial charge in [0.25, 0.3) is 5.91 Å². The number of hydrogen-bond acceptors (Lipinski definition) is 5. The van der Waals surface area contributed by atoms with Crippen molar-refractivity contribution in [3.8, 4) is 0 Å². The number of benzene rings is 1. The normalized spacial score (nSPS) is 16.5. The summed E-state index contributed by atoms with van der Waals surface area (Å²) in [6.07, 6.45) is -4.14. The molecule has 1 aliphatic heterocycles. The maximum absolute atomic E-state index is 12.8. The molecule has 4 amide bonds. The van der Waals surface area contributed by atoms with E-state index in [2.05, 4.69) is 5.32 Å². The third kappa shape index (κ3) is 6.19. The second-order valence-electron chi connectivity index (χ2n) is 6.37. The lowest BCUT2D eigenvalue weighted by Gasteiger charge is -2.18. The first-order valence-corrected chi connectivity index (χ1v) is 8.83. The Morgan fingerprint density at radius 3 is 2.66 bits per heavy atom. The Morgan fingerprint density at radius 2 is 2.00 bits per heavy atom. The average Bonchev–Trinajstić information content (AvgIpc) is 3.05. The van der Waals surface area contributed by atoms with Gasteiger partial charge in [0.2, 0.25) is 5.91 Å². The van der Waals surface area contributed by atoms with Gasteiger partial charge in [0.1, 0.15) is 0 Å². The van der Waals surface area contributed by atoms with E-state index in [9.17, 15) is 32.3 Å². The number of nitrogens with zero attached hydrogens (tertiary/aromatic N) is 1. The molecule has 1 heterocycles. The number of halogens is 3. The number of rotatable bonds is 6. The van der Waals surface area contributed by atoms with Crippen LogP contribution in [0.4, 0.5) is 23.7 Å². The minimum absolute atomic E-state index is 0.0189. The molecule has 1 saturated heterocycles. The number of carbonyl (C=O) groups is 4. The topological polar surface area (TPSA) is 105 Å². The van der Waals surface area contributed by atoms with E-state index in [1.807, 2.05) is 12.2 Å². The fourth-order valence-electron chi connectivity index (χ4n) is 2.67. The number of imide groups is 1. The molecule has 0 bridgehead atoms. The molecular formula is C18H20F3N3O5. The predicted octanol–water partition coefficient (Wildman–Crippen LogP) is 1.84. The molecular weight excluding hydrogens is 395 g/mol. The van der Waals surface area contributed by atoms with Crippen LogP contribution in [-0.2, 0) is 25.3 Å². The van der Waals surface area contributed by atoms with Crippen LogP contribution in [0.25, 0.3) is 0 Å². The van der Waals surface area contributed by atoms with Gasteiger partial charge in [-0.1, -0.05) is 13.0 Å². The van der Waals surface area contributed by atoms with E-state index in [0.717, 1.165) is 17.0 Å². The Hall–Kier alpha value is -3.11. The summed E-state index contributed by atoms with van der Waals surface area (Å²) in [7, 11) is 0. The standard InChI is InChI=1S/C18H20F3N3O5/c1-2-6-22-17(28)23-14(25)10-29-16(27)11-7-15(26)24(9-11)13-5-3-4-12(8-13)18(19,20)21/h3-5,8,11H,2,6-7,9-10H2,1H3,(H2,22,23,25,28)/t11-/m1/s1. The summed E-state index contributed by atoms with van der Waals surface area (Å²) < 4.78 is 43.4. The molecule has 1 aliphatic rings. The van der Waals surface area contributed by atoms with Crippen molar-refractivity contribution in [2.24, 2.45) is 5.92 Å². The van der Waals surface area contributed by atoms with Crippen LogP contribution in [0, 0.1) is 5.92 Å². The van der Waals surface area contributed by atoms with Crippen LogP contribution in [-0.4, -0.2) is 43.5 Å². The van der Waals surface area contributed by atoms with E-state index in [4.69, 9.17) is 4.74 Å². The summed E-state index contributed by atoms with van der Waals surface area (Å²) >= 11 is 0. The fourth-order valence-corrected chi connectivity index (χ4v) is 2.67. The smallest absolute Gasteiger partial charge is 0.416 e. The second kappa shape index (κ2) is 9.39. The number of nitrogens with one attached hydrogen (secondary N) is 2. The monoisotopic (exact) mass is 415 g/mol. The van der Waals surface area contributed by atoms with E-state index < -0.39 is 48.1 Å². The van der Waals surface area contributed by atoms with Crippen molar-refractivity contribution in [2.75, 3.05) is 24.6 Å². The molecule has 11 heteroatoms. The summed E-state index contributed by atoms with van der Waals surface area (Å²) in [4.78, 5) is 48.2. The Morgan fingerprint density at radius 1 is 1.28 bits per heavy atom. The Kier molecular flexibility index (Phi) is 7.18. The van der Waals surface area contributed by atoms with Gasteiger partial charge in [0.05, 0.1) is 11.5 Å². The largest absolute Gasteiger partial charge is 0.455 e. The lowest BCUT2D eigenvalue weighted by atomic mass is 10.1. The summed E-state index contributed by atoms with van der Waals surface area (Å²) in [5, 5.41) is 4.38. The zero-order chi connectivity index (χ0) is 21.6. The van der Waals surface area contributed by atoms with Crippen molar-refractivity contribution in [3.63, 3.8) is 0 Å². The molecule has 1 atom stereocenters. The Bertz CT molecular complexity index is 797. The molecule has 1 fully saturated rings. The van der Waals surface area contributed by atoms with E-state index in [0.29, 0.717) is 13.0 Å². The van der Waals surface area contributed by atoms with Gasteiger partial charge < -0.3 is 15.0 Å². The number of urea groups is 1. The first-order valence-electron chi connectivity index (χ1n) is 8.83. The summed E-state index contributed by atoms with van der Waals surface area (Å²) in [6, 6.07) is 3.49. The summed E-state index contributed by atoms with van der Waals surface area (Å²) in [5.41, 5.74) is -0.891. The number of amides is 4. The van der Waals surface area contributed by atoms with Crippen molar-refractivity contribution in [1.82, 2.24) is 10.6 Å². The SMILES string of the molecule is CCCNC(=O)NC(=O)COC(=O)[C@@H]1CC(=O)N(c2cccc(C(F)(F)F)c2)C1. The minimum Gasteiger partial charge on any atom is -0.455 e. The lowest BCUT2D eigenvalue weighted by Crippen LogP contribution is -2.42. The van der Waals surface area contributed by atoms with Gasteiger partial charge in [0.15, 0.2) is 6.61 Å². The summed E-state index contributed by atoms with van der Waals surface area (Å²) in [6.45, 7) is 1.31. The van der Waals surface area contributed by atoms with Crippen molar-refractivity contribution >= 4 is 29.5 Å². The molecule has 2 rings (SSSR count). The quantitative estimate of drug-likeness (QED) is 0.690. The van der Waals surface area contributed by atoms with Crippen molar-refractivity contribution in [3.05, 3.63) is 29.8 Å². The molecule has 1 aromatic carbocycles. The van der Waals surface area contributed by atoms with Gasteiger partial charge in [-0.25, -0.2) is 4.79 Å². The first kappa shape index (κ1) is 22.2. The maximum Gasteiger partial charge on any atom is 0.416 e. The number of ether oxygens (including phenoxy) is 1. The van der Waals surface area contributed by atoms with Gasteiger partial charge >= 0.3 is 18.2 Å². The number of alkyl halides is 3. The van der Waals surface area contributed by atoms with Gasteiger partial charge in [-0.15, -0.1) is 0 Å². The van der Waals surface area contributed by atoms with Crippen LogP contribution >= 0.6 is 0 Å². The first-order chi connectivity index (χ1) is 13.6. The molecule has 1 aromatic rings. The maximum atomic E-state index is 12.8. The number of esters is 1. The van der Waals surface area contributed by atoms with Crippen LogP contribution in [0.3, 0.4) is 0 Å². The third-order valence-electron chi connectivity index (χ3n) is 4.08. The molecule has 0 unspecified atom stereocenters. The molecule has 2 N–H and O–H groups in total. The van der Waals surface area contributed by atoms with Crippen LogP contribution in [0.15, 0.2) is 24.3 Å². The van der Waals surface area contributed by atoms with Crippen LogP contribution < -0.4 is 15.5 Å². The number of hydrogen-bond donors (Lipinski definition) is 2. The second-order valence-corrected chi connectivity index (χ2v) is 6.37. The molecule has 0 aliphatic carbocycles. The third-order valence-corrected chi connectivity index (χ3v) is 4.08. The van der Waals surface area contributed by atoms with Crippen LogP contribution in [0.2, 0.25) is 0 Å². The minimum atomic E-state index is -4.56. The van der Waals surface area contributed by atoms with E-state index >= 15 is 0 Å². The predicted molar refractivity (Wildman–Crippen MR) is 94.7 cm³/mol. The zero-order valence-corrected chi connectivity index (χ0v) is 15.5. The highest BCUT2D eigenvalue weighted by Crippen LogP contribution is 2.33. The average molecular weight is 415 g/mol. The summed E-state index contributed by atoms with van der Waals surface area (Å²) in [5.74, 6) is -3.16. The van der Waals surface area contributed by atoms with Crippen molar-refractivity contribution in [1.29, 1.82) is 0 Å². The zero-order valence-electron chi connectivity index (χ0n) is 15.5. The molecule has 8 nitrogen and oxygen atoms in total. The molecule has 0 saturated carbocycles. The highest BCUT2D eigenvalue weighted by atomic mass is 19.4. The lowest BCUT2D eigenvalue weighted by molar-refractivity contribution is -0.152. The fraction of sp³-hybridized carbons (Fsp3) is 0.444.